The maximum absolute atomic E-state index is 12.7. The van der Waals surface area contributed by atoms with E-state index in [-0.39, 0.29) is 6.01 Å². The smallest absolute Gasteiger partial charge is 0.378 e. The summed E-state index contributed by atoms with van der Waals surface area (Å²) in [5.41, 5.74) is 0.709. The van der Waals surface area contributed by atoms with E-state index in [1.165, 1.54) is 11.0 Å². The van der Waals surface area contributed by atoms with Crippen molar-refractivity contribution in [2.75, 3.05) is 0 Å². The molecule has 0 amide bonds. The Morgan fingerprint density at radius 1 is 1.41 bits per heavy atom. The van der Waals surface area contributed by atoms with Crippen molar-refractivity contribution < 1.29 is 19.0 Å². The SMILES string of the molecule is O=C(O)C(F)Oc1ncn(-c2ccccc2)n1. The van der Waals surface area contributed by atoms with Crippen LogP contribution in [0.15, 0.2) is 36.7 Å². The minimum atomic E-state index is -2.47. The molecule has 0 aliphatic carbocycles. The summed E-state index contributed by atoms with van der Waals surface area (Å²) in [6.07, 6.45) is -1.17. The highest BCUT2D eigenvalue weighted by molar-refractivity contribution is 5.70. The first-order valence-electron chi connectivity index (χ1n) is 4.67. The van der Waals surface area contributed by atoms with Crippen molar-refractivity contribution in [1.29, 1.82) is 0 Å². The van der Waals surface area contributed by atoms with E-state index >= 15 is 0 Å². The van der Waals surface area contributed by atoms with E-state index in [0.29, 0.717) is 5.69 Å². The predicted octanol–water partition coefficient (Wildman–Crippen LogP) is 1.03. The number of carbonyl (C=O) groups is 1. The summed E-state index contributed by atoms with van der Waals surface area (Å²) in [7, 11) is 0. The van der Waals surface area contributed by atoms with Crippen LogP contribution in [0.25, 0.3) is 5.69 Å². The van der Waals surface area contributed by atoms with Crippen LogP contribution in [0, 0.1) is 0 Å². The summed E-state index contributed by atoms with van der Waals surface area (Å²) in [6.45, 7) is 0. The van der Waals surface area contributed by atoms with Gasteiger partial charge < -0.3 is 9.84 Å². The lowest BCUT2D eigenvalue weighted by atomic mass is 10.3. The molecule has 0 bridgehead atoms. The topological polar surface area (TPSA) is 77.2 Å². The van der Waals surface area contributed by atoms with Crippen LogP contribution in [-0.2, 0) is 4.79 Å². The van der Waals surface area contributed by atoms with E-state index in [1.54, 1.807) is 24.3 Å². The monoisotopic (exact) mass is 237 g/mol. The average Bonchev–Trinajstić information content (AvgIpc) is 2.78. The van der Waals surface area contributed by atoms with Gasteiger partial charge >= 0.3 is 18.3 Å². The van der Waals surface area contributed by atoms with Crippen LogP contribution in [0.5, 0.6) is 6.01 Å². The zero-order valence-corrected chi connectivity index (χ0v) is 8.52. The number of carboxylic acids is 1. The second kappa shape index (κ2) is 4.60. The predicted molar refractivity (Wildman–Crippen MR) is 54.5 cm³/mol. The van der Waals surface area contributed by atoms with E-state index in [4.69, 9.17) is 5.11 Å². The van der Waals surface area contributed by atoms with E-state index in [9.17, 15) is 9.18 Å². The zero-order valence-electron chi connectivity index (χ0n) is 8.52. The lowest BCUT2D eigenvalue weighted by Gasteiger charge is -2.01. The molecule has 0 saturated heterocycles. The molecule has 0 aliphatic rings. The van der Waals surface area contributed by atoms with Crippen molar-refractivity contribution in [3.63, 3.8) is 0 Å². The second-order valence-corrected chi connectivity index (χ2v) is 3.08. The van der Waals surface area contributed by atoms with Gasteiger partial charge in [-0.25, -0.2) is 9.48 Å². The van der Waals surface area contributed by atoms with E-state index in [2.05, 4.69) is 14.8 Å². The fourth-order valence-electron chi connectivity index (χ4n) is 1.15. The maximum Gasteiger partial charge on any atom is 0.378 e. The number of aromatic nitrogens is 3. The highest BCUT2D eigenvalue weighted by Crippen LogP contribution is 2.09. The number of halogens is 1. The van der Waals surface area contributed by atoms with E-state index < -0.39 is 12.3 Å². The molecular formula is C10H8FN3O3. The highest BCUT2D eigenvalue weighted by Gasteiger charge is 2.19. The second-order valence-electron chi connectivity index (χ2n) is 3.08. The van der Waals surface area contributed by atoms with Crippen LogP contribution in [-0.4, -0.2) is 32.2 Å². The van der Waals surface area contributed by atoms with Gasteiger partial charge in [-0.15, -0.1) is 5.10 Å². The van der Waals surface area contributed by atoms with Gasteiger partial charge in [-0.2, -0.15) is 9.37 Å². The molecule has 0 radical (unpaired) electrons. The molecule has 17 heavy (non-hydrogen) atoms. The number of nitrogens with zero attached hydrogens (tertiary/aromatic N) is 3. The summed E-state index contributed by atoms with van der Waals surface area (Å²) >= 11 is 0. The molecule has 2 rings (SSSR count). The Balaban J connectivity index is 2.14. The van der Waals surface area contributed by atoms with Gasteiger partial charge in [0.15, 0.2) is 0 Å². The number of para-hydroxylation sites is 1. The van der Waals surface area contributed by atoms with Gasteiger partial charge in [0.05, 0.1) is 5.69 Å². The maximum atomic E-state index is 12.7. The third-order valence-electron chi connectivity index (χ3n) is 1.89. The lowest BCUT2D eigenvalue weighted by Crippen LogP contribution is -2.22. The first-order valence-corrected chi connectivity index (χ1v) is 4.67. The fraction of sp³-hybridized carbons (Fsp3) is 0.100. The molecular weight excluding hydrogens is 229 g/mol. The normalized spacial score (nSPS) is 12.1. The molecule has 1 N–H and O–H groups in total. The minimum absolute atomic E-state index is 0.330. The highest BCUT2D eigenvalue weighted by atomic mass is 19.1. The molecule has 6 nitrogen and oxygen atoms in total. The van der Waals surface area contributed by atoms with E-state index in [1.807, 2.05) is 6.07 Å². The quantitative estimate of drug-likeness (QED) is 0.859. The number of carboxylic acid groups (broad SMARTS) is 1. The van der Waals surface area contributed by atoms with Crippen LogP contribution in [0.1, 0.15) is 0 Å². The van der Waals surface area contributed by atoms with Crippen LogP contribution in [0.2, 0.25) is 0 Å². The number of benzene rings is 1. The number of hydrogen-bond acceptors (Lipinski definition) is 4. The molecule has 1 atom stereocenters. The molecule has 1 heterocycles. The third-order valence-corrected chi connectivity index (χ3v) is 1.89. The number of hydrogen-bond donors (Lipinski definition) is 1. The van der Waals surface area contributed by atoms with Crippen LogP contribution >= 0.6 is 0 Å². The van der Waals surface area contributed by atoms with Crippen LogP contribution in [0.4, 0.5) is 4.39 Å². The molecule has 0 fully saturated rings. The number of aliphatic carboxylic acids is 1. The molecule has 2 aromatic rings. The average molecular weight is 237 g/mol. The van der Waals surface area contributed by atoms with Gasteiger partial charge in [-0.1, -0.05) is 18.2 Å². The van der Waals surface area contributed by atoms with Gasteiger partial charge in [0.25, 0.3) is 0 Å². The summed E-state index contributed by atoms with van der Waals surface area (Å²) in [6, 6.07) is 8.63. The van der Waals surface area contributed by atoms with Crippen molar-refractivity contribution in [2.45, 2.75) is 6.36 Å². The zero-order chi connectivity index (χ0) is 12.3. The third kappa shape index (κ3) is 2.57. The van der Waals surface area contributed by atoms with E-state index in [0.717, 1.165) is 0 Å². The molecule has 1 aromatic carbocycles. The molecule has 0 aliphatic heterocycles. The fourth-order valence-corrected chi connectivity index (χ4v) is 1.15. The van der Waals surface area contributed by atoms with Gasteiger partial charge in [0.1, 0.15) is 6.33 Å². The number of rotatable bonds is 4. The van der Waals surface area contributed by atoms with Gasteiger partial charge in [-0.3, -0.25) is 0 Å². The molecule has 7 heteroatoms. The number of alkyl halides is 1. The first kappa shape index (κ1) is 11.1. The molecule has 0 spiro atoms. The number of ether oxygens (including phenoxy) is 1. The molecule has 0 saturated carbocycles. The summed E-state index contributed by atoms with van der Waals surface area (Å²) in [5, 5.41) is 12.1. The van der Waals surface area contributed by atoms with Gasteiger partial charge in [0, 0.05) is 0 Å². The summed E-state index contributed by atoms with van der Waals surface area (Å²) in [5.74, 6) is -1.72. The Labute approximate surface area is 95.3 Å². The first-order chi connectivity index (χ1) is 8.16. The standard InChI is InChI=1S/C10H8FN3O3/c11-8(9(15)16)17-10-12-6-14(13-10)7-4-2-1-3-5-7/h1-6,8H,(H,15,16). The summed E-state index contributed by atoms with van der Waals surface area (Å²) in [4.78, 5) is 13.9. The Kier molecular flexibility index (Phi) is 2.99. The Morgan fingerprint density at radius 2 is 2.12 bits per heavy atom. The van der Waals surface area contributed by atoms with Gasteiger partial charge in [0.2, 0.25) is 0 Å². The molecule has 1 aromatic heterocycles. The van der Waals surface area contributed by atoms with Crippen molar-refractivity contribution in [1.82, 2.24) is 14.8 Å². The summed E-state index contributed by atoms with van der Waals surface area (Å²) < 4.78 is 18.4. The molecule has 1 unspecified atom stereocenters. The van der Waals surface area contributed by atoms with Crippen molar-refractivity contribution in [3.05, 3.63) is 36.7 Å². The Hall–Kier alpha value is -2.44. The Morgan fingerprint density at radius 3 is 2.76 bits per heavy atom. The van der Waals surface area contributed by atoms with Crippen LogP contribution < -0.4 is 4.74 Å². The minimum Gasteiger partial charge on any atom is -0.476 e. The van der Waals surface area contributed by atoms with Crippen molar-refractivity contribution >= 4 is 5.97 Å². The van der Waals surface area contributed by atoms with Crippen LogP contribution in [0.3, 0.4) is 0 Å². The Bertz CT molecular complexity index is 515. The van der Waals surface area contributed by atoms with Crippen molar-refractivity contribution in [2.24, 2.45) is 0 Å². The van der Waals surface area contributed by atoms with Gasteiger partial charge in [-0.05, 0) is 12.1 Å². The lowest BCUT2D eigenvalue weighted by molar-refractivity contribution is -0.153. The molecule has 88 valence electrons. The van der Waals surface area contributed by atoms with Crippen molar-refractivity contribution in [3.8, 4) is 11.7 Å². The largest absolute Gasteiger partial charge is 0.476 e.